The maximum absolute atomic E-state index is 12.9. The van der Waals surface area contributed by atoms with E-state index in [0.717, 1.165) is 5.56 Å². The molecule has 116 valence electrons. The molecule has 1 unspecified atom stereocenters. The molecule has 1 aliphatic heterocycles. The predicted octanol–water partition coefficient (Wildman–Crippen LogP) is 1.66. The van der Waals surface area contributed by atoms with E-state index in [1.807, 2.05) is 0 Å². The highest BCUT2D eigenvalue weighted by atomic mass is 19.1. The summed E-state index contributed by atoms with van der Waals surface area (Å²) in [5, 5.41) is 7.78. The maximum atomic E-state index is 12.9. The van der Waals surface area contributed by atoms with Crippen LogP contribution >= 0.6 is 0 Å². The molecule has 0 aliphatic carbocycles. The highest BCUT2D eigenvalue weighted by molar-refractivity contribution is 5.79. The number of hydrogen-bond donors (Lipinski definition) is 0. The minimum absolute atomic E-state index is 0.0734. The molecular weight excluding hydrogens is 289 g/mol. The molecular formula is C15H16FN3O3. The van der Waals surface area contributed by atoms with Crippen molar-refractivity contribution < 1.29 is 18.3 Å². The van der Waals surface area contributed by atoms with Gasteiger partial charge in [0.05, 0.1) is 19.6 Å². The van der Waals surface area contributed by atoms with Gasteiger partial charge in [-0.1, -0.05) is 12.1 Å². The number of amides is 1. The van der Waals surface area contributed by atoms with Crippen molar-refractivity contribution >= 4 is 5.91 Å². The van der Waals surface area contributed by atoms with Gasteiger partial charge in [-0.15, -0.1) is 10.2 Å². The molecule has 0 N–H and O–H groups in total. The van der Waals surface area contributed by atoms with E-state index in [2.05, 4.69) is 10.2 Å². The van der Waals surface area contributed by atoms with E-state index in [4.69, 9.17) is 9.15 Å². The number of aryl methyl sites for hydroxylation is 1. The van der Waals surface area contributed by atoms with Crippen molar-refractivity contribution in [3.63, 3.8) is 0 Å². The van der Waals surface area contributed by atoms with Crippen molar-refractivity contribution in [2.24, 2.45) is 0 Å². The minimum atomic E-state index is -0.372. The Morgan fingerprint density at radius 2 is 2.14 bits per heavy atom. The smallest absolute Gasteiger partial charge is 0.241 e. The lowest BCUT2D eigenvalue weighted by molar-refractivity contribution is -0.140. The van der Waals surface area contributed by atoms with Crippen LogP contribution in [0.4, 0.5) is 4.39 Å². The normalized spacial score (nSPS) is 18.5. The number of halogens is 1. The molecule has 0 saturated carbocycles. The molecule has 1 saturated heterocycles. The molecule has 22 heavy (non-hydrogen) atoms. The third-order valence-corrected chi connectivity index (χ3v) is 3.54. The van der Waals surface area contributed by atoms with Gasteiger partial charge in [-0.05, 0) is 17.7 Å². The van der Waals surface area contributed by atoms with Crippen LogP contribution in [0.3, 0.4) is 0 Å². The number of hydrogen-bond acceptors (Lipinski definition) is 5. The largest absolute Gasteiger partial charge is 0.423 e. The van der Waals surface area contributed by atoms with Gasteiger partial charge in [-0.25, -0.2) is 4.39 Å². The van der Waals surface area contributed by atoms with E-state index >= 15 is 0 Å². The lowest BCUT2D eigenvalue weighted by Crippen LogP contribution is -2.44. The third-order valence-electron chi connectivity index (χ3n) is 3.54. The van der Waals surface area contributed by atoms with Crippen LogP contribution in [0.15, 0.2) is 28.7 Å². The first kappa shape index (κ1) is 14.6. The lowest BCUT2D eigenvalue weighted by Gasteiger charge is -2.33. The Bertz CT molecular complexity index is 656. The van der Waals surface area contributed by atoms with Gasteiger partial charge in [0.25, 0.3) is 0 Å². The Morgan fingerprint density at radius 3 is 2.82 bits per heavy atom. The fraction of sp³-hybridized carbons (Fsp3) is 0.400. The number of morpholine rings is 1. The Morgan fingerprint density at radius 1 is 1.36 bits per heavy atom. The van der Waals surface area contributed by atoms with E-state index in [9.17, 15) is 9.18 Å². The molecule has 1 aromatic carbocycles. The van der Waals surface area contributed by atoms with Crippen LogP contribution in [0.2, 0.25) is 0 Å². The number of carbonyl (C=O) groups excluding carboxylic acids is 1. The fourth-order valence-electron chi connectivity index (χ4n) is 2.43. The van der Waals surface area contributed by atoms with Crippen molar-refractivity contribution in [3.05, 3.63) is 47.4 Å². The maximum Gasteiger partial charge on any atom is 0.241 e. The topological polar surface area (TPSA) is 68.5 Å². The van der Waals surface area contributed by atoms with Crippen LogP contribution in [-0.4, -0.2) is 40.8 Å². The van der Waals surface area contributed by atoms with Gasteiger partial charge < -0.3 is 14.1 Å². The number of benzene rings is 1. The quantitative estimate of drug-likeness (QED) is 0.862. The summed E-state index contributed by atoms with van der Waals surface area (Å²) >= 11 is 0. The summed E-state index contributed by atoms with van der Waals surface area (Å²) < 4.78 is 23.8. The average Bonchev–Trinajstić information content (AvgIpc) is 2.96. The molecule has 1 aliphatic rings. The molecule has 7 heteroatoms. The number of carbonyl (C=O) groups is 1. The van der Waals surface area contributed by atoms with Crippen LogP contribution in [0, 0.1) is 12.7 Å². The van der Waals surface area contributed by atoms with Gasteiger partial charge in [-0.2, -0.15) is 0 Å². The van der Waals surface area contributed by atoms with Gasteiger partial charge in [0.15, 0.2) is 0 Å². The van der Waals surface area contributed by atoms with Crippen LogP contribution in [-0.2, 0) is 16.0 Å². The van der Waals surface area contributed by atoms with Crippen molar-refractivity contribution in [1.82, 2.24) is 15.1 Å². The van der Waals surface area contributed by atoms with E-state index in [1.165, 1.54) is 12.1 Å². The van der Waals surface area contributed by atoms with E-state index in [-0.39, 0.29) is 24.2 Å². The molecule has 0 bridgehead atoms. The summed E-state index contributed by atoms with van der Waals surface area (Å²) in [6.45, 7) is 2.96. The summed E-state index contributed by atoms with van der Waals surface area (Å²) in [6, 6.07) is 5.54. The second-order valence-electron chi connectivity index (χ2n) is 5.14. The molecule has 6 nitrogen and oxygen atoms in total. The first-order chi connectivity index (χ1) is 10.6. The molecule has 0 spiro atoms. The van der Waals surface area contributed by atoms with Gasteiger partial charge in [-0.3, -0.25) is 4.79 Å². The van der Waals surface area contributed by atoms with Crippen molar-refractivity contribution in [2.45, 2.75) is 19.4 Å². The predicted molar refractivity (Wildman–Crippen MR) is 74.4 cm³/mol. The van der Waals surface area contributed by atoms with Gasteiger partial charge in [0, 0.05) is 13.5 Å². The highest BCUT2D eigenvalue weighted by Gasteiger charge is 2.32. The molecule has 1 fully saturated rings. The standard InChI is InChI=1S/C15H16FN3O3/c1-10-17-18-15(22-10)13-9-21-7-6-19(13)14(20)8-11-2-4-12(16)5-3-11/h2-5,13H,6-9H2,1H3. The summed E-state index contributed by atoms with van der Waals surface area (Å²) in [6.07, 6.45) is 0.198. The van der Waals surface area contributed by atoms with Gasteiger partial charge in [0.2, 0.25) is 17.7 Å². The first-order valence-corrected chi connectivity index (χ1v) is 7.05. The Labute approximate surface area is 126 Å². The molecule has 0 radical (unpaired) electrons. The second-order valence-corrected chi connectivity index (χ2v) is 5.14. The van der Waals surface area contributed by atoms with Gasteiger partial charge >= 0.3 is 0 Å². The summed E-state index contributed by atoms with van der Waals surface area (Å²) in [4.78, 5) is 14.2. The Balaban J connectivity index is 1.75. The molecule has 2 heterocycles. The molecule has 3 rings (SSSR count). The van der Waals surface area contributed by atoms with Crippen LogP contribution in [0.5, 0.6) is 0 Å². The second kappa shape index (κ2) is 6.23. The van der Waals surface area contributed by atoms with E-state index in [0.29, 0.717) is 31.5 Å². The zero-order valence-corrected chi connectivity index (χ0v) is 12.2. The van der Waals surface area contributed by atoms with Crippen molar-refractivity contribution in [3.8, 4) is 0 Å². The summed E-state index contributed by atoms with van der Waals surface area (Å²) in [7, 11) is 0. The third kappa shape index (κ3) is 3.14. The number of nitrogens with zero attached hydrogens (tertiary/aromatic N) is 3. The van der Waals surface area contributed by atoms with Crippen LogP contribution < -0.4 is 0 Å². The molecule has 1 amide bonds. The fourth-order valence-corrected chi connectivity index (χ4v) is 2.43. The minimum Gasteiger partial charge on any atom is -0.423 e. The highest BCUT2D eigenvalue weighted by Crippen LogP contribution is 2.24. The zero-order valence-electron chi connectivity index (χ0n) is 12.2. The first-order valence-electron chi connectivity index (χ1n) is 7.05. The Kier molecular flexibility index (Phi) is 4.15. The van der Waals surface area contributed by atoms with Gasteiger partial charge in [0.1, 0.15) is 11.9 Å². The summed E-state index contributed by atoms with van der Waals surface area (Å²) in [5.74, 6) is 0.439. The summed E-state index contributed by atoms with van der Waals surface area (Å²) in [5.41, 5.74) is 0.762. The van der Waals surface area contributed by atoms with Crippen LogP contribution in [0.25, 0.3) is 0 Å². The Hall–Kier alpha value is -2.28. The molecule has 1 atom stereocenters. The number of aromatic nitrogens is 2. The average molecular weight is 305 g/mol. The zero-order chi connectivity index (χ0) is 15.5. The van der Waals surface area contributed by atoms with E-state index < -0.39 is 0 Å². The SMILES string of the molecule is Cc1nnc(C2COCCN2C(=O)Cc2ccc(F)cc2)o1. The van der Waals surface area contributed by atoms with Crippen molar-refractivity contribution in [2.75, 3.05) is 19.8 Å². The van der Waals surface area contributed by atoms with E-state index in [1.54, 1.807) is 24.0 Å². The van der Waals surface area contributed by atoms with Crippen LogP contribution in [0.1, 0.15) is 23.4 Å². The number of rotatable bonds is 3. The molecule has 2 aromatic rings. The monoisotopic (exact) mass is 305 g/mol. The lowest BCUT2D eigenvalue weighted by atomic mass is 10.1. The number of ether oxygens (including phenoxy) is 1. The van der Waals surface area contributed by atoms with Crippen molar-refractivity contribution in [1.29, 1.82) is 0 Å². The molecule has 1 aromatic heterocycles.